The molecule has 0 saturated carbocycles. The van der Waals surface area contributed by atoms with Gasteiger partial charge in [0.05, 0.1) is 50.3 Å². The smallest absolute Gasteiger partial charge is 0.275 e. The number of rotatable bonds is 9. The lowest BCUT2D eigenvalue weighted by Crippen LogP contribution is -2.45. The molecule has 0 radical (unpaired) electrons. The lowest BCUT2D eigenvalue weighted by molar-refractivity contribution is -0.276. The Balaban J connectivity index is 1.13. The number of anilines is 1. The second kappa shape index (κ2) is 14.3. The van der Waals surface area contributed by atoms with Crippen molar-refractivity contribution in [1.29, 1.82) is 0 Å². The number of para-hydroxylation sites is 2. The molecule has 49 heavy (non-hydrogen) atoms. The van der Waals surface area contributed by atoms with E-state index in [0.29, 0.717) is 17.7 Å². The monoisotopic (exact) mass is 660 g/mol. The molecule has 2 aliphatic heterocycles. The Morgan fingerprint density at radius 3 is 2.43 bits per heavy atom. The fourth-order valence-electron chi connectivity index (χ4n) is 6.70. The highest BCUT2D eigenvalue weighted by Crippen LogP contribution is 2.43. The standard InChI is InChI=1S/C39H40N4O6/c1-24-36(22-43-16-15-27-18-34(46-2)35(47-3)19-29(27)21-43)48-39(49-37(24)26-13-11-25(23-44)12-14-26)28-7-6-8-30(17-28)41-38(45)33-20-40-31-9-4-5-10-32(31)42-33/h4-14,17-20,24,36-37,39,44H,15-16,21-23H2,1-3H3,(H,41,45)/t24-,36+,37+,39+/m0/s1. The van der Waals surface area contributed by atoms with E-state index >= 15 is 0 Å². The van der Waals surface area contributed by atoms with Crippen LogP contribution in [0.2, 0.25) is 0 Å². The summed E-state index contributed by atoms with van der Waals surface area (Å²) in [6.45, 7) is 4.50. The van der Waals surface area contributed by atoms with Crippen LogP contribution < -0.4 is 14.8 Å². The van der Waals surface area contributed by atoms with Gasteiger partial charge < -0.3 is 29.4 Å². The third kappa shape index (κ3) is 7.00. The topological polar surface area (TPSA) is 115 Å². The number of fused-ring (bicyclic) bond motifs is 2. The second-order valence-corrected chi connectivity index (χ2v) is 12.6. The summed E-state index contributed by atoms with van der Waals surface area (Å²) in [4.78, 5) is 24.5. The Kier molecular flexibility index (Phi) is 9.54. The van der Waals surface area contributed by atoms with Crippen LogP contribution in [-0.4, -0.2) is 59.3 Å². The number of hydrogen-bond donors (Lipinski definition) is 2. The number of hydrogen-bond acceptors (Lipinski definition) is 9. The summed E-state index contributed by atoms with van der Waals surface area (Å²) in [5, 5.41) is 12.6. The summed E-state index contributed by atoms with van der Waals surface area (Å²) < 4.78 is 24.6. The third-order valence-corrected chi connectivity index (χ3v) is 9.46. The van der Waals surface area contributed by atoms with Gasteiger partial charge in [-0.3, -0.25) is 14.7 Å². The van der Waals surface area contributed by atoms with Crippen LogP contribution in [0.3, 0.4) is 0 Å². The number of carbonyl (C=O) groups is 1. The molecule has 1 aromatic heterocycles. The minimum Gasteiger partial charge on any atom is -0.493 e. The molecule has 3 heterocycles. The molecule has 252 valence electrons. The van der Waals surface area contributed by atoms with Gasteiger partial charge in [0.25, 0.3) is 5.91 Å². The van der Waals surface area contributed by atoms with E-state index in [4.69, 9.17) is 18.9 Å². The molecule has 0 aliphatic carbocycles. The highest BCUT2D eigenvalue weighted by atomic mass is 16.7. The number of nitrogens with one attached hydrogen (secondary N) is 1. The number of nitrogens with zero attached hydrogens (tertiary/aromatic N) is 3. The summed E-state index contributed by atoms with van der Waals surface area (Å²) in [5.41, 5.74) is 7.34. The molecule has 0 unspecified atom stereocenters. The van der Waals surface area contributed by atoms with Crippen molar-refractivity contribution in [2.24, 2.45) is 5.92 Å². The number of methoxy groups -OCH3 is 2. The third-order valence-electron chi connectivity index (χ3n) is 9.46. The van der Waals surface area contributed by atoms with Crippen LogP contribution in [-0.2, 0) is 29.0 Å². The largest absolute Gasteiger partial charge is 0.493 e. The number of aliphatic hydroxyl groups is 1. The van der Waals surface area contributed by atoms with Gasteiger partial charge in [0, 0.05) is 36.8 Å². The van der Waals surface area contributed by atoms with Gasteiger partial charge in [0.15, 0.2) is 17.8 Å². The van der Waals surface area contributed by atoms with Gasteiger partial charge in [0.1, 0.15) is 5.69 Å². The van der Waals surface area contributed by atoms with E-state index in [1.54, 1.807) is 14.2 Å². The van der Waals surface area contributed by atoms with E-state index in [2.05, 4.69) is 39.2 Å². The minimum atomic E-state index is -0.678. The van der Waals surface area contributed by atoms with E-state index in [1.807, 2.05) is 72.8 Å². The van der Waals surface area contributed by atoms with Gasteiger partial charge in [-0.2, -0.15) is 0 Å². The summed E-state index contributed by atoms with van der Waals surface area (Å²) in [6.07, 6.45) is 1.28. The molecule has 1 saturated heterocycles. The van der Waals surface area contributed by atoms with E-state index in [-0.39, 0.29) is 36.3 Å². The number of aliphatic hydroxyl groups excluding tert-OH is 1. The fourth-order valence-corrected chi connectivity index (χ4v) is 6.70. The zero-order valence-electron chi connectivity index (χ0n) is 27.8. The average Bonchev–Trinajstić information content (AvgIpc) is 3.15. The molecule has 2 N–H and O–H groups in total. The number of aromatic nitrogens is 2. The lowest BCUT2D eigenvalue weighted by atomic mass is 9.89. The molecular formula is C39H40N4O6. The number of benzene rings is 4. The van der Waals surface area contributed by atoms with Gasteiger partial charge in [-0.15, -0.1) is 0 Å². The molecule has 7 rings (SSSR count). The normalized spacial score (nSPS) is 20.8. The summed E-state index contributed by atoms with van der Waals surface area (Å²) in [5.74, 6) is 1.15. The van der Waals surface area contributed by atoms with E-state index < -0.39 is 6.29 Å². The van der Waals surface area contributed by atoms with Crippen LogP contribution in [0.15, 0.2) is 91.1 Å². The first-order valence-corrected chi connectivity index (χ1v) is 16.5. The zero-order chi connectivity index (χ0) is 33.9. The molecule has 10 nitrogen and oxygen atoms in total. The van der Waals surface area contributed by atoms with Gasteiger partial charge in [0.2, 0.25) is 0 Å². The van der Waals surface area contributed by atoms with Crippen molar-refractivity contribution < 1.29 is 28.8 Å². The van der Waals surface area contributed by atoms with Gasteiger partial charge in [-0.1, -0.05) is 55.5 Å². The maximum Gasteiger partial charge on any atom is 0.275 e. The summed E-state index contributed by atoms with van der Waals surface area (Å²) >= 11 is 0. The maximum atomic E-state index is 13.2. The summed E-state index contributed by atoms with van der Waals surface area (Å²) in [7, 11) is 3.32. The van der Waals surface area contributed by atoms with Crippen LogP contribution in [0.25, 0.3) is 11.0 Å². The first-order chi connectivity index (χ1) is 23.9. The zero-order valence-corrected chi connectivity index (χ0v) is 27.8. The summed E-state index contributed by atoms with van der Waals surface area (Å²) in [6, 6.07) is 27.0. The van der Waals surface area contributed by atoms with Crippen molar-refractivity contribution in [3.05, 3.63) is 125 Å². The van der Waals surface area contributed by atoms with E-state index in [1.165, 1.54) is 17.3 Å². The number of ether oxygens (including phenoxy) is 4. The van der Waals surface area contributed by atoms with Gasteiger partial charge in [-0.25, -0.2) is 4.98 Å². The molecule has 4 aromatic carbocycles. The Morgan fingerprint density at radius 2 is 1.67 bits per heavy atom. The fraction of sp³-hybridized carbons (Fsp3) is 0.308. The van der Waals surface area contributed by atoms with Crippen LogP contribution in [0.5, 0.6) is 11.5 Å². The first-order valence-electron chi connectivity index (χ1n) is 16.5. The lowest BCUT2D eigenvalue weighted by Gasteiger charge is -2.43. The Hall–Kier alpha value is -4.87. The second-order valence-electron chi connectivity index (χ2n) is 12.6. The molecule has 5 aromatic rings. The molecule has 0 bridgehead atoms. The maximum absolute atomic E-state index is 13.2. The Bertz CT molecular complexity index is 1950. The first kappa shape index (κ1) is 32.7. The van der Waals surface area contributed by atoms with Crippen LogP contribution >= 0.6 is 0 Å². The van der Waals surface area contributed by atoms with Gasteiger partial charge >= 0.3 is 0 Å². The predicted molar refractivity (Wildman–Crippen MR) is 185 cm³/mol. The van der Waals surface area contributed by atoms with Crippen LogP contribution in [0.1, 0.15) is 57.6 Å². The van der Waals surface area contributed by atoms with Crippen molar-refractivity contribution >= 4 is 22.6 Å². The molecule has 4 atom stereocenters. The van der Waals surface area contributed by atoms with Gasteiger partial charge in [-0.05, 0) is 65.1 Å². The minimum absolute atomic E-state index is 0.0217. The quantitative estimate of drug-likeness (QED) is 0.190. The number of amides is 1. The van der Waals surface area contributed by atoms with Crippen molar-refractivity contribution in [3.8, 4) is 11.5 Å². The average molecular weight is 661 g/mol. The molecule has 1 fully saturated rings. The molecule has 10 heteroatoms. The van der Waals surface area contributed by atoms with Crippen LogP contribution in [0.4, 0.5) is 5.69 Å². The Labute approximate surface area is 285 Å². The molecule has 1 amide bonds. The van der Waals surface area contributed by atoms with E-state index in [0.717, 1.165) is 53.2 Å². The van der Waals surface area contributed by atoms with Crippen molar-refractivity contribution in [2.45, 2.75) is 45.0 Å². The van der Waals surface area contributed by atoms with Crippen molar-refractivity contribution in [3.63, 3.8) is 0 Å². The highest BCUT2D eigenvalue weighted by molar-refractivity contribution is 6.03. The predicted octanol–water partition coefficient (Wildman–Crippen LogP) is 6.24. The van der Waals surface area contributed by atoms with Crippen molar-refractivity contribution in [1.82, 2.24) is 14.9 Å². The van der Waals surface area contributed by atoms with Crippen LogP contribution in [0, 0.1) is 5.92 Å². The van der Waals surface area contributed by atoms with Crippen molar-refractivity contribution in [2.75, 3.05) is 32.6 Å². The molecule has 2 aliphatic rings. The molecule has 0 spiro atoms. The Morgan fingerprint density at radius 1 is 0.918 bits per heavy atom. The SMILES string of the molecule is COc1cc2c(cc1OC)CN(C[C@H]1O[C@@H](c3cccc(NC(=O)c4cnc5ccccc5n4)c3)O[C@@H](c3ccc(CO)cc3)[C@H]1C)CC2. The van der Waals surface area contributed by atoms with E-state index in [9.17, 15) is 9.90 Å². The highest BCUT2D eigenvalue weighted by Gasteiger charge is 2.39. The molecular weight excluding hydrogens is 620 g/mol. The number of carbonyl (C=O) groups excluding carboxylic acids is 1.